The van der Waals surface area contributed by atoms with Crippen molar-refractivity contribution in [2.45, 2.75) is 0 Å². The van der Waals surface area contributed by atoms with E-state index >= 15 is 0 Å². The van der Waals surface area contributed by atoms with E-state index in [-0.39, 0.29) is 18.4 Å². The Morgan fingerprint density at radius 2 is 1.47 bits per heavy atom. The largest absolute Gasteiger partial charge is 0.493 e. The Morgan fingerprint density at radius 1 is 0.867 bits per heavy atom. The molecule has 7 nitrogen and oxygen atoms in total. The molecule has 3 aromatic rings. The molecule has 0 unspecified atom stereocenters. The second-order valence-corrected chi connectivity index (χ2v) is 6.27. The minimum Gasteiger partial charge on any atom is -0.493 e. The molecule has 0 spiro atoms. The molecule has 2 N–H and O–H groups in total. The van der Waals surface area contributed by atoms with Crippen molar-refractivity contribution >= 4 is 23.2 Å². The van der Waals surface area contributed by atoms with Gasteiger partial charge in [0.1, 0.15) is 0 Å². The maximum atomic E-state index is 13.0. The highest BCUT2D eigenvalue weighted by atomic mass is 16.5. The summed E-state index contributed by atoms with van der Waals surface area (Å²) in [5.41, 5.74) is 4.94. The van der Waals surface area contributed by atoms with Gasteiger partial charge in [-0.1, -0.05) is 36.4 Å². The number of carbonyl (C=O) groups is 2. The van der Waals surface area contributed by atoms with Crippen LogP contribution in [0.3, 0.4) is 0 Å². The highest BCUT2D eigenvalue weighted by Gasteiger charge is 2.16. The number of amides is 2. The molecule has 0 radical (unpaired) electrons. The summed E-state index contributed by atoms with van der Waals surface area (Å²) in [6.07, 6.45) is 0. The first-order valence-corrected chi connectivity index (χ1v) is 9.35. The predicted molar refractivity (Wildman–Crippen MR) is 115 cm³/mol. The molecule has 0 saturated heterocycles. The molecule has 0 aliphatic carbocycles. The van der Waals surface area contributed by atoms with E-state index in [0.717, 1.165) is 11.4 Å². The van der Waals surface area contributed by atoms with Crippen molar-refractivity contribution in [2.24, 2.45) is 0 Å². The van der Waals surface area contributed by atoms with Gasteiger partial charge in [0.05, 0.1) is 18.5 Å². The quantitative estimate of drug-likeness (QED) is 0.562. The molecule has 2 amide bonds. The van der Waals surface area contributed by atoms with E-state index < -0.39 is 0 Å². The van der Waals surface area contributed by atoms with Gasteiger partial charge in [-0.3, -0.25) is 20.0 Å². The Bertz CT molecular complexity index is 954. The molecular formula is C23H23N3O4. The number of hydrazine groups is 1. The van der Waals surface area contributed by atoms with Gasteiger partial charge in [-0.2, -0.15) is 0 Å². The summed E-state index contributed by atoms with van der Waals surface area (Å²) in [5.74, 6) is 0.150. The summed E-state index contributed by atoms with van der Waals surface area (Å²) >= 11 is 0. The first-order valence-electron chi connectivity index (χ1n) is 9.35. The van der Waals surface area contributed by atoms with Gasteiger partial charge in [-0.15, -0.1) is 0 Å². The Morgan fingerprint density at radius 3 is 2.00 bits per heavy atom. The fourth-order valence-electron chi connectivity index (χ4n) is 2.74. The highest BCUT2D eigenvalue weighted by Crippen LogP contribution is 2.29. The average Bonchev–Trinajstić information content (AvgIpc) is 2.81. The van der Waals surface area contributed by atoms with Crippen LogP contribution in [0.25, 0.3) is 0 Å². The van der Waals surface area contributed by atoms with Crippen LogP contribution in [0.15, 0.2) is 78.9 Å². The molecule has 30 heavy (non-hydrogen) atoms. The van der Waals surface area contributed by atoms with Gasteiger partial charge in [-0.25, -0.2) is 0 Å². The van der Waals surface area contributed by atoms with Gasteiger partial charge in [-0.05, 0) is 42.5 Å². The second-order valence-electron chi connectivity index (χ2n) is 6.27. The lowest BCUT2D eigenvalue weighted by Gasteiger charge is -2.25. The molecule has 0 bridgehead atoms. The van der Waals surface area contributed by atoms with Crippen LogP contribution in [0.4, 0.5) is 11.4 Å². The molecule has 3 aromatic carbocycles. The van der Waals surface area contributed by atoms with Crippen molar-refractivity contribution in [3.8, 4) is 11.5 Å². The normalized spacial score (nSPS) is 10.1. The third-order valence-corrected chi connectivity index (χ3v) is 4.31. The van der Waals surface area contributed by atoms with Crippen LogP contribution in [0.1, 0.15) is 10.4 Å². The SMILES string of the molecule is CNC(=O)COc1ccc(C(=O)NN(c2ccccc2)c2ccccc2)cc1OC. The first-order chi connectivity index (χ1) is 14.6. The number of hydrogen-bond donors (Lipinski definition) is 2. The smallest absolute Gasteiger partial charge is 0.270 e. The zero-order valence-corrected chi connectivity index (χ0v) is 16.8. The summed E-state index contributed by atoms with van der Waals surface area (Å²) < 4.78 is 10.8. The van der Waals surface area contributed by atoms with E-state index in [0.29, 0.717) is 17.1 Å². The van der Waals surface area contributed by atoms with Crippen LogP contribution in [0.5, 0.6) is 11.5 Å². The lowest BCUT2D eigenvalue weighted by atomic mass is 10.2. The number of carbonyl (C=O) groups excluding carboxylic acids is 2. The van der Waals surface area contributed by atoms with E-state index in [1.54, 1.807) is 23.2 Å². The molecule has 154 valence electrons. The maximum Gasteiger partial charge on any atom is 0.270 e. The third-order valence-electron chi connectivity index (χ3n) is 4.31. The minimum absolute atomic E-state index is 0.145. The Kier molecular flexibility index (Phi) is 6.89. The van der Waals surface area contributed by atoms with Gasteiger partial charge in [0.25, 0.3) is 11.8 Å². The summed E-state index contributed by atoms with van der Waals surface area (Å²) in [6.45, 7) is -0.145. The molecule has 0 saturated carbocycles. The molecule has 0 aromatic heterocycles. The number of hydrogen-bond acceptors (Lipinski definition) is 5. The number of para-hydroxylation sites is 2. The monoisotopic (exact) mass is 405 g/mol. The van der Waals surface area contributed by atoms with Crippen molar-refractivity contribution in [2.75, 3.05) is 25.8 Å². The van der Waals surface area contributed by atoms with Gasteiger partial charge in [0, 0.05) is 12.6 Å². The fourth-order valence-corrected chi connectivity index (χ4v) is 2.74. The van der Waals surface area contributed by atoms with Gasteiger partial charge in [0.15, 0.2) is 18.1 Å². The van der Waals surface area contributed by atoms with Gasteiger partial charge < -0.3 is 14.8 Å². The zero-order chi connectivity index (χ0) is 21.3. The van der Waals surface area contributed by atoms with Gasteiger partial charge >= 0.3 is 0 Å². The Hall–Kier alpha value is -4.00. The van der Waals surface area contributed by atoms with Crippen molar-refractivity contribution < 1.29 is 19.1 Å². The topological polar surface area (TPSA) is 79.9 Å². The molecule has 0 atom stereocenters. The molecule has 0 heterocycles. The first kappa shape index (κ1) is 20.7. The number of methoxy groups -OCH3 is 1. The van der Waals surface area contributed by atoms with Crippen molar-refractivity contribution in [3.63, 3.8) is 0 Å². The van der Waals surface area contributed by atoms with Crippen molar-refractivity contribution in [1.29, 1.82) is 0 Å². The number of ether oxygens (including phenoxy) is 2. The summed E-state index contributed by atoms with van der Waals surface area (Å²) in [7, 11) is 3.01. The van der Waals surface area contributed by atoms with E-state index in [9.17, 15) is 9.59 Å². The highest BCUT2D eigenvalue weighted by molar-refractivity contribution is 5.96. The van der Waals surface area contributed by atoms with E-state index in [4.69, 9.17) is 9.47 Å². The van der Waals surface area contributed by atoms with Crippen LogP contribution < -0.4 is 25.2 Å². The van der Waals surface area contributed by atoms with E-state index in [1.165, 1.54) is 14.2 Å². The molecular weight excluding hydrogens is 382 g/mol. The lowest BCUT2D eigenvalue weighted by molar-refractivity contribution is -0.122. The van der Waals surface area contributed by atoms with Gasteiger partial charge in [0.2, 0.25) is 0 Å². The molecule has 0 fully saturated rings. The summed E-state index contributed by atoms with van der Waals surface area (Å²) in [6, 6.07) is 23.9. The van der Waals surface area contributed by atoms with Crippen LogP contribution in [-0.4, -0.2) is 32.6 Å². The fraction of sp³-hybridized carbons (Fsp3) is 0.130. The number of nitrogens with one attached hydrogen (secondary N) is 2. The zero-order valence-electron chi connectivity index (χ0n) is 16.8. The summed E-state index contributed by atoms with van der Waals surface area (Å²) in [4.78, 5) is 24.4. The summed E-state index contributed by atoms with van der Waals surface area (Å²) in [5, 5.41) is 4.19. The third kappa shape index (κ3) is 5.08. The van der Waals surface area contributed by atoms with Crippen LogP contribution in [-0.2, 0) is 4.79 Å². The maximum absolute atomic E-state index is 13.0. The number of likely N-dealkylation sites (N-methyl/N-ethyl adjacent to an activating group) is 1. The molecule has 0 aliphatic heterocycles. The number of rotatable bonds is 8. The van der Waals surface area contributed by atoms with Crippen LogP contribution in [0.2, 0.25) is 0 Å². The Labute approximate surface area is 175 Å². The van der Waals surface area contributed by atoms with Crippen molar-refractivity contribution in [1.82, 2.24) is 10.7 Å². The van der Waals surface area contributed by atoms with E-state index in [1.807, 2.05) is 60.7 Å². The standard InChI is InChI=1S/C23H23N3O4/c1-24-22(27)16-30-20-14-13-17(15-21(20)29-2)23(28)25-26(18-9-5-3-6-10-18)19-11-7-4-8-12-19/h3-15H,16H2,1-2H3,(H,24,27)(H,25,28). The molecule has 0 aliphatic rings. The number of anilines is 2. The van der Waals surface area contributed by atoms with Crippen molar-refractivity contribution in [3.05, 3.63) is 84.4 Å². The lowest BCUT2D eigenvalue weighted by Crippen LogP contribution is -2.38. The number of benzene rings is 3. The molecule has 3 rings (SSSR count). The van der Waals surface area contributed by atoms with E-state index in [2.05, 4.69) is 10.7 Å². The predicted octanol–water partition coefficient (Wildman–Crippen LogP) is 3.30. The van der Waals surface area contributed by atoms with Crippen LogP contribution >= 0.6 is 0 Å². The van der Waals surface area contributed by atoms with Crippen LogP contribution in [0, 0.1) is 0 Å². The Balaban J connectivity index is 1.83. The number of nitrogens with zero attached hydrogens (tertiary/aromatic N) is 1. The average molecular weight is 405 g/mol. The minimum atomic E-state index is -0.321. The molecule has 7 heteroatoms. The second kappa shape index (κ2) is 9.97.